The maximum absolute atomic E-state index is 13.8. The van der Waals surface area contributed by atoms with Crippen LogP contribution in [0.1, 0.15) is 5.56 Å². The second kappa shape index (κ2) is 7.34. The molecule has 2 aromatic rings. The van der Waals surface area contributed by atoms with Crippen molar-refractivity contribution >= 4 is 37.5 Å². The normalized spacial score (nSPS) is 13.6. The Bertz CT molecular complexity index is 965. The zero-order valence-electron chi connectivity index (χ0n) is 13.8. The van der Waals surface area contributed by atoms with Crippen LogP contribution in [-0.4, -0.2) is 34.5 Å². The number of anilines is 1. The molecule has 1 N–H and O–H groups in total. The number of ether oxygens (including phenoxy) is 1. The van der Waals surface area contributed by atoms with Crippen molar-refractivity contribution in [2.45, 2.75) is 11.3 Å². The number of nitrogens with zero attached hydrogens (tertiary/aromatic N) is 1. The fourth-order valence-electron chi connectivity index (χ4n) is 2.73. The van der Waals surface area contributed by atoms with Crippen molar-refractivity contribution in [2.75, 3.05) is 25.1 Å². The van der Waals surface area contributed by atoms with Crippen LogP contribution in [0.25, 0.3) is 0 Å². The van der Waals surface area contributed by atoms with Crippen LogP contribution in [0.4, 0.5) is 10.1 Å². The summed E-state index contributed by atoms with van der Waals surface area (Å²) in [7, 11) is -2.19. The van der Waals surface area contributed by atoms with Gasteiger partial charge in [-0.15, -0.1) is 0 Å². The molecule has 26 heavy (non-hydrogen) atoms. The third-order valence-corrected chi connectivity index (χ3v) is 5.98. The predicted molar refractivity (Wildman–Crippen MR) is 98.3 cm³/mol. The average molecular weight is 443 g/mol. The molecule has 0 saturated carbocycles. The Morgan fingerprint density at radius 2 is 2.08 bits per heavy atom. The molecule has 3 rings (SSSR count). The van der Waals surface area contributed by atoms with Gasteiger partial charge in [0.1, 0.15) is 0 Å². The molecule has 138 valence electrons. The van der Waals surface area contributed by atoms with E-state index in [1.54, 1.807) is 18.2 Å². The van der Waals surface area contributed by atoms with Crippen molar-refractivity contribution in [1.29, 1.82) is 0 Å². The number of halogens is 2. The number of hydrogen-bond donors (Lipinski definition) is 1. The third kappa shape index (κ3) is 3.74. The lowest BCUT2D eigenvalue weighted by Crippen LogP contribution is -2.33. The number of rotatable bonds is 5. The topological polar surface area (TPSA) is 75.7 Å². The molecule has 1 aliphatic heterocycles. The molecule has 2 aromatic carbocycles. The maximum atomic E-state index is 13.8. The average Bonchev–Trinajstić information content (AvgIpc) is 3.04. The summed E-state index contributed by atoms with van der Waals surface area (Å²) in [6, 6.07) is 8.94. The van der Waals surface area contributed by atoms with E-state index in [9.17, 15) is 17.6 Å². The van der Waals surface area contributed by atoms with Gasteiger partial charge in [-0.05, 0) is 55.4 Å². The molecule has 0 spiro atoms. The van der Waals surface area contributed by atoms with Gasteiger partial charge in [-0.1, -0.05) is 15.9 Å². The van der Waals surface area contributed by atoms with Crippen LogP contribution in [0.3, 0.4) is 0 Å². The molecule has 0 bridgehead atoms. The maximum Gasteiger partial charge on any atom is 0.264 e. The second-order valence-corrected chi connectivity index (χ2v) is 8.46. The Balaban J connectivity index is 1.73. The number of sulfonamides is 1. The molecule has 0 aromatic heterocycles. The first kappa shape index (κ1) is 18.8. The fraction of sp³-hybridized carbons (Fsp3) is 0.235. The number of fused-ring (bicyclic) bond motifs is 1. The molecular weight excluding hydrogens is 427 g/mol. The molecule has 1 amide bonds. The molecule has 6 nitrogen and oxygen atoms in total. The van der Waals surface area contributed by atoms with E-state index in [1.165, 1.54) is 30.1 Å². The standard InChI is InChI=1S/C17H16BrFN2O4S/c1-20-26(23,24)13-3-4-15-11(8-13)6-7-21(15)17(22)10-25-16-5-2-12(18)9-14(16)19/h2-5,8-9,20H,6-7,10H2,1H3. The minimum absolute atomic E-state index is 0.00330. The molecular formula is C17H16BrFN2O4S. The van der Waals surface area contributed by atoms with Gasteiger partial charge in [0.25, 0.3) is 5.91 Å². The predicted octanol–water partition coefficient (Wildman–Crippen LogP) is 2.46. The van der Waals surface area contributed by atoms with Crippen LogP contribution in [0.5, 0.6) is 5.75 Å². The number of carbonyl (C=O) groups excluding carboxylic acids is 1. The first-order valence-corrected chi connectivity index (χ1v) is 10.0. The number of hydrogen-bond acceptors (Lipinski definition) is 4. The highest BCUT2D eigenvalue weighted by Gasteiger charge is 2.26. The number of amides is 1. The lowest BCUT2D eigenvalue weighted by atomic mass is 10.2. The lowest BCUT2D eigenvalue weighted by molar-refractivity contribution is -0.120. The molecule has 0 saturated heterocycles. The molecule has 0 fully saturated rings. The Hall–Kier alpha value is -1.97. The summed E-state index contributed by atoms with van der Waals surface area (Å²) in [5.74, 6) is -0.886. The fourth-order valence-corrected chi connectivity index (χ4v) is 3.85. The van der Waals surface area contributed by atoms with Gasteiger partial charge in [-0.2, -0.15) is 0 Å². The summed E-state index contributed by atoms with van der Waals surface area (Å²) < 4.78 is 45.7. The summed E-state index contributed by atoms with van der Waals surface area (Å²) >= 11 is 3.16. The summed E-state index contributed by atoms with van der Waals surface area (Å²) in [4.78, 5) is 14.1. The van der Waals surface area contributed by atoms with Crippen LogP contribution in [-0.2, 0) is 21.2 Å². The van der Waals surface area contributed by atoms with E-state index in [4.69, 9.17) is 4.74 Å². The van der Waals surface area contributed by atoms with Gasteiger partial charge in [0.05, 0.1) is 4.90 Å². The smallest absolute Gasteiger partial charge is 0.264 e. The minimum Gasteiger partial charge on any atom is -0.481 e. The molecule has 1 heterocycles. The van der Waals surface area contributed by atoms with E-state index in [-0.39, 0.29) is 23.2 Å². The second-order valence-electron chi connectivity index (χ2n) is 5.66. The van der Waals surface area contributed by atoms with E-state index >= 15 is 0 Å². The summed E-state index contributed by atoms with van der Waals surface area (Å²) in [5.41, 5.74) is 1.41. The first-order valence-electron chi connectivity index (χ1n) is 7.76. The Morgan fingerprint density at radius 3 is 2.77 bits per heavy atom. The molecule has 1 aliphatic rings. The van der Waals surface area contributed by atoms with Crippen molar-refractivity contribution in [3.8, 4) is 5.75 Å². The molecule has 0 radical (unpaired) electrons. The first-order chi connectivity index (χ1) is 12.3. The van der Waals surface area contributed by atoms with Crippen molar-refractivity contribution in [3.05, 3.63) is 52.3 Å². The van der Waals surface area contributed by atoms with Crippen LogP contribution >= 0.6 is 15.9 Å². The van der Waals surface area contributed by atoms with Crippen molar-refractivity contribution in [1.82, 2.24) is 4.72 Å². The summed E-state index contributed by atoms with van der Waals surface area (Å²) in [6.45, 7) is 0.109. The van der Waals surface area contributed by atoms with E-state index in [1.807, 2.05) is 0 Å². The van der Waals surface area contributed by atoms with Gasteiger partial charge in [0.2, 0.25) is 10.0 Å². The van der Waals surface area contributed by atoms with E-state index in [2.05, 4.69) is 20.7 Å². The van der Waals surface area contributed by atoms with Gasteiger partial charge >= 0.3 is 0 Å². The minimum atomic E-state index is -3.54. The van der Waals surface area contributed by atoms with Gasteiger partial charge in [0, 0.05) is 16.7 Å². The van der Waals surface area contributed by atoms with Crippen LogP contribution in [0, 0.1) is 5.82 Å². The van der Waals surface area contributed by atoms with E-state index in [0.29, 0.717) is 23.1 Å². The zero-order valence-corrected chi connectivity index (χ0v) is 16.2. The highest BCUT2D eigenvalue weighted by Crippen LogP contribution is 2.30. The SMILES string of the molecule is CNS(=O)(=O)c1ccc2c(c1)CCN2C(=O)COc1ccc(Br)cc1F. The van der Waals surface area contributed by atoms with Gasteiger partial charge < -0.3 is 9.64 Å². The van der Waals surface area contributed by atoms with Crippen LogP contribution < -0.4 is 14.4 Å². The Kier molecular flexibility index (Phi) is 5.31. The van der Waals surface area contributed by atoms with Crippen molar-refractivity contribution in [3.63, 3.8) is 0 Å². The molecule has 0 unspecified atom stereocenters. The highest BCUT2D eigenvalue weighted by molar-refractivity contribution is 9.10. The highest BCUT2D eigenvalue weighted by atomic mass is 79.9. The van der Waals surface area contributed by atoms with Gasteiger partial charge in [0.15, 0.2) is 18.2 Å². The Labute approximate surface area is 159 Å². The summed E-state index contributed by atoms with van der Waals surface area (Å²) in [6.07, 6.45) is 0.542. The van der Waals surface area contributed by atoms with E-state index < -0.39 is 15.8 Å². The van der Waals surface area contributed by atoms with Gasteiger partial charge in [-0.25, -0.2) is 17.5 Å². The quantitative estimate of drug-likeness (QED) is 0.771. The van der Waals surface area contributed by atoms with Crippen LogP contribution in [0.15, 0.2) is 45.8 Å². The molecule has 0 aliphatic carbocycles. The number of carbonyl (C=O) groups is 1. The molecule has 0 atom stereocenters. The lowest BCUT2D eigenvalue weighted by Gasteiger charge is -2.18. The Morgan fingerprint density at radius 1 is 1.31 bits per heavy atom. The van der Waals surface area contributed by atoms with Gasteiger partial charge in [-0.3, -0.25) is 4.79 Å². The zero-order chi connectivity index (χ0) is 18.9. The largest absolute Gasteiger partial charge is 0.481 e. The summed E-state index contributed by atoms with van der Waals surface area (Å²) in [5, 5.41) is 0. The molecule has 9 heteroatoms. The van der Waals surface area contributed by atoms with Crippen molar-refractivity contribution in [2.24, 2.45) is 0 Å². The van der Waals surface area contributed by atoms with E-state index in [0.717, 1.165) is 5.56 Å². The number of benzene rings is 2. The van der Waals surface area contributed by atoms with Crippen molar-refractivity contribution < 1.29 is 22.3 Å². The van der Waals surface area contributed by atoms with Crippen LogP contribution in [0.2, 0.25) is 0 Å². The number of nitrogens with one attached hydrogen (secondary N) is 1. The third-order valence-electron chi connectivity index (χ3n) is 4.07. The monoisotopic (exact) mass is 442 g/mol.